The molecule has 23 heavy (non-hydrogen) atoms. The minimum atomic E-state index is 0.142. The van der Waals surface area contributed by atoms with Crippen molar-refractivity contribution in [3.63, 3.8) is 0 Å². The van der Waals surface area contributed by atoms with E-state index in [-0.39, 0.29) is 5.91 Å². The van der Waals surface area contributed by atoms with Gasteiger partial charge in [-0.1, -0.05) is 18.2 Å². The van der Waals surface area contributed by atoms with Crippen LogP contribution in [0.15, 0.2) is 30.4 Å². The second-order valence-electron chi connectivity index (χ2n) is 6.37. The van der Waals surface area contributed by atoms with Crippen LogP contribution in [0, 0.1) is 11.8 Å². The van der Waals surface area contributed by atoms with Crippen molar-refractivity contribution in [2.24, 2.45) is 11.8 Å². The third-order valence-electron chi connectivity index (χ3n) is 4.79. The van der Waals surface area contributed by atoms with E-state index in [9.17, 15) is 4.79 Å². The average Bonchev–Trinajstić information content (AvgIpc) is 3.17. The number of nitrogens with one attached hydrogen (secondary N) is 1. The number of methoxy groups -OCH3 is 1. The second-order valence-corrected chi connectivity index (χ2v) is 6.37. The zero-order valence-corrected chi connectivity index (χ0v) is 13.9. The number of benzene rings is 1. The van der Waals surface area contributed by atoms with Crippen LogP contribution in [0.4, 0.5) is 0 Å². The number of ether oxygens (including phenoxy) is 2. The molecule has 0 radical (unpaired) electrons. The molecule has 4 nitrogen and oxygen atoms in total. The predicted octanol–water partition coefficient (Wildman–Crippen LogP) is 3.11. The van der Waals surface area contributed by atoms with E-state index in [1.807, 2.05) is 25.1 Å². The molecule has 1 aromatic carbocycles. The largest absolute Gasteiger partial charge is 0.493 e. The number of allylic oxidation sites excluding steroid dienone is 1. The first kappa shape index (κ1) is 15.9. The first-order chi connectivity index (χ1) is 11.2. The molecule has 124 valence electrons. The van der Waals surface area contributed by atoms with Crippen LogP contribution in [-0.4, -0.2) is 25.7 Å². The highest BCUT2D eigenvalue weighted by molar-refractivity contribution is 5.76. The smallest absolute Gasteiger partial charge is 0.220 e. The third kappa shape index (κ3) is 3.69. The summed E-state index contributed by atoms with van der Waals surface area (Å²) in [5.74, 6) is 2.85. The molecular weight excluding hydrogens is 290 g/mol. The van der Waals surface area contributed by atoms with Crippen molar-refractivity contribution >= 4 is 5.91 Å². The Kier molecular flexibility index (Phi) is 4.89. The Balaban J connectivity index is 1.51. The second kappa shape index (κ2) is 7.07. The topological polar surface area (TPSA) is 47.6 Å². The molecule has 3 rings (SSSR count). The molecule has 1 fully saturated rings. The molecule has 0 aromatic heterocycles. The highest BCUT2D eigenvalue weighted by Gasteiger charge is 2.36. The number of aryl methyl sites for hydroxylation is 1. The lowest BCUT2D eigenvalue weighted by molar-refractivity contribution is -0.121. The SMILES string of the molecule is CCOc1ccc(CCC(=O)NC2CC3C=CC2C3)cc1OC. The fourth-order valence-corrected chi connectivity index (χ4v) is 3.63. The van der Waals surface area contributed by atoms with Crippen molar-refractivity contribution in [2.45, 2.75) is 38.6 Å². The van der Waals surface area contributed by atoms with E-state index >= 15 is 0 Å². The Morgan fingerprint density at radius 1 is 1.26 bits per heavy atom. The van der Waals surface area contributed by atoms with Gasteiger partial charge in [0, 0.05) is 12.5 Å². The molecule has 0 saturated heterocycles. The zero-order chi connectivity index (χ0) is 16.2. The number of carbonyl (C=O) groups is 1. The van der Waals surface area contributed by atoms with E-state index < -0.39 is 0 Å². The van der Waals surface area contributed by atoms with Gasteiger partial charge in [0.1, 0.15) is 0 Å². The highest BCUT2D eigenvalue weighted by atomic mass is 16.5. The maximum absolute atomic E-state index is 12.2. The zero-order valence-electron chi connectivity index (χ0n) is 13.9. The van der Waals surface area contributed by atoms with Gasteiger partial charge in [-0.25, -0.2) is 0 Å². The average molecular weight is 315 g/mol. The molecule has 3 unspecified atom stereocenters. The fourth-order valence-electron chi connectivity index (χ4n) is 3.63. The Bertz CT molecular complexity index is 596. The van der Waals surface area contributed by atoms with Crippen LogP contribution in [0.25, 0.3) is 0 Å². The summed E-state index contributed by atoms with van der Waals surface area (Å²) < 4.78 is 10.9. The lowest BCUT2D eigenvalue weighted by Gasteiger charge is -2.19. The summed E-state index contributed by atoms with van der Waals surface area (Å²) in [6, 6.07) is 6.21. The van der Waals surface area contributed by atoms with Gasteiger partial charge in [0.15, 0.2) is 11.5 Å². The molecule has 0 heterocycles. The highest BCUT2D eigenvalue weighted by Crippen LogP contribution is 2.39. The number of fused-ring (bicyclic) bond motifs is 2. The van der Waals surface area contributed by atoms with Gasteiger partial charge in [0.05, 0.1) is 13.7 Å². The predicted molar refractivity (Wildman–Crippen MR) is 89.8 cm³/mol. The number of amides is 1. The third-order valence-corrected chi connectivity index (χ3v) is 4.79. The summed E-state index contributed by atoms with van der Waals surface area (Å²) in [4.78, 5) is 12.2. The normalized spacial score (nSPS) is 24.7. The van der Waals surface area contributed by atoms with Gasteiger partial charge in [-0.15, -0.1) is 0 Å². The Hall–Kier alpha value is -1.97. The lowest BCUT2D eigenvalue weighted by atomic mass is 10.0. The van der Waals surface area contributed by atoms with E-state index in [0.717, 1.165) is 23.5 Å². The van der Waals surface area contributed by atoms with Gasteiger partial charge in [-0.3, -0.25) is 4.79 Å². The molecule has 1 amide bonds. The van der Waals surface area contributed by atoms with Crippen LogP contribution < -0.4 is 14.8 Å². The molecule has 3 atom stereocenters. The van der Waals surface area contributed by atoms with Crippen LogP contribution in [-0.2, 0) is 11.2 Å². The molecule has 0 aliphatic heterocycles. The van der Waals surface area contributed by atoms with Crippen LogP contribution in [0.1, 0.15) is 31.7 Å². The van der Waals surface area contributed by atoms with Crippen LogP contribution >= 0.6 is 0 Å². The molecule has 2 aliphatic rings. The molecule has 1 saturated carbocycles. The monoisotopic (exact) mass is 315 g/mol. The van der Waals surface area contributed by atoms with Gasteiger partial charge in [0.25, 0.3) is 0 Å². The van der Waals surface area contributed by atoms with E-state index in [2.05, 4.69) is 17.5 Å². The number of hydrogen-bond acceptors (Lipinski definition) is 3. The van der Waals surface area contributed by atoms with Crippen molar-refractivity contribution in [1.29, 1.82) is 0 Å². The van der Waals surface area contributed by atoms with E-state index in [4.69, 9.17) is 9.47 Å². The number of hydrogen-bond donors (Lipinski definition) is 1. The van der Waals surface area contributed by atoms with Gasteiger partial charge in [-0.05, 0) is 55.7 Å². The van der Waals surface area contributed by atoms with Crippen molar-refractivity contribution < 1.29 is 14.3 Å². The van der Waals surface area contributed by atoms with Crippen molar-refractivity contribution in [1.82, 2.24) is 5.32 Å². The summed E-state index contributed by atoms with van der Waals surface area (Å²) >= 11 is 0. The van der Waals surface area contributed by atoms with Crippen molar-refractivity contribution in [3.05, 3.63) is 35.9 Å². The van der Waals surface area contributed by atoms with Crippen LogP contribution in [0.5, 0.6) is 11.5 Å². The number of rotatable bonds is 7. The van der Waals surface area contributed by atoms with Gasteiger partial charge in [-0.2, -0.15) is 0 Å². The Morgan fingerprint density at radius 3 is 2.78 bits per heavy atom. The summed E-state index contributed by atoms with van der Waals surface area (Å²) in [6.07, 6.45) is 8.08. The Labute approximate surface area is 137 Å². The molecule has 1 N–H and O–H groups in total. The standard InChI is InChI=1S/C19H25NO3/c1-3-23-17-8-5-13(12-18(17)22-2)6-9-19(21)20-16-11-14-4-7-15(16)10-14/h4-5,7-8,12,14-16H,3,6,9-11H2,1-2H3,(H,20,21). The first-order valence-electron chi connectivity index (χ1n) is 8.47. The van der Waals surface area contributed by atoms with E-state index in [1.165, 1.54) is 6.42 Å². The maximum Gasteiger partial charge on any atom is 0.220 e. The molecule has 1 aromatic rings. The van der Waals surface area contributed by atoms with Gasteiger partial charge in [0.2, 0.25) is 5.91 Å². The minimum absolute atomic E-state index is 0.142. The van der Waals surface area contributed by atoms with Crippen LogP contribution in [0.3, 0.4) is 0 Å². The quantitative estimate of drug-likeness (QED) is 0.787. The molecule has 2 aliphatic carbocycles. The molecular formula is C19H25NO3. The van der Waals surface area contributed by atoms with Gasteiger partial charge >= 0.3 is 0 Å². The summed E-state index contributed by atoms with van der Waals surface area (Å²) in [5, 5.41) is 3.19. The summed E-state index contributed by atoms with van der Waals surface area (Å²) in [6.45, 7) is 2.55. The van der Waals surface area contributed by atoms with Crippen LogP contribution in [0.2, 0.25) is 0 Å². The summed E-state index contributed by atoms with van der Waals surface area (Å²) in [5.41, 5.74) is 1.09. The van der Waals surface area contributed by atoms with Gasteiger partial charge < -0.3 is 14.8 Å². The fraction of sp³-hybridized carbons (Fsp3) is 0.526. The maximum atomic E-state index is 12.2. The molecule has 4 heteroatoms. The van der Waals surface area contributed by atoms with Crippen molar-refractivity contribution in [2.75, 3.05) is 13.7 Å². The van der Waals surface area contributed by atoms with E-state index in [1.54, 1.807) is 7.11 Å². The number of carbonyl (C=O) groups excluding carboxylic acids is 1. The Morgan fingerprint density at radius 2 is 2.13 bits per heavy atom. The lowest BCUT2D eigenvalue weighted by Crippen LogP contribution is -2.37. The minimum Gasteiger partial charge on any atom is -0.493 e. The van der Waals surface area contributed by atoms with Crippen molar-refractivity contribution in [3.8, 4) is 11.5 Å². The van der Waals surface area contributed by atoms with E-state index in [0.29, 0.717) is 37.3 Å². The molecule has 0 spiro atoms. The summed E-state index contributed by atoms with van der Waals surface area (Å²) in [7, 11) is 1.64. The first-order valence-corrected chi connectivity index (χ1v) is 8.47. The molecule has 2 bridgehead atoms.